The minimum atomic E-state index is -0.165. The van der Waals surface area contributed by atoms with Crippen LogP contribution in [0.5, 0.6) is 0 Å². The number of carbonyl (C=O) groups excluding carboxylic acids is 1. The molecule has 3 atom stereocenters. The van der Waals surface area contributed by atoms with E-state index in [1.165, 1.54) is 5.56 Å². The van der Waals surface area contributed by atoms with Crippen LogP contribution < -0.4 is 16.2 Å². The van der Waals surface area contributed by atoms with E-state index in [2.05, 4.69) is 41.9 Å². The molecular formula is C19H30N6O. The van der Waals surface area contributed by atoms with Crippen molar-refractivity contribution in [3.8, 4) is 0 Å². The lowest BCUT2D eigenvalue weighted by atomic mass is 9.84. The number of aromatic nitrogens is 2. The number of fused-ring (bicyclic) bond motifs is 1. The van der Waals surface area contributed by atoms with Crippen molar-refractivity contribution in [1.29, 1.82) is 0 Å². The molecule has 3 unspecified atom stereocenters. The third-order valence-corrected chi connectivity index (χ3v) is 5.91. The van der Waals surface area contributed by atoms with Crippen LogP contribution in [-0.2, 0) is 17.8 Å². The molecule has 26 heavy (non-hydrogen) atoms. The fourth-order valence-corrected chi connectivity index (χ4v) is 4.20. The van der Waals surface area contributed by atoms with Crippen molar-refractivity contribution in [2.45, 2.75) is 71.1 Å². The molecular weight excluding hydrogens is 328 g/mol. The minimum absolute atomic E-state index is 0.0122. The fraction of sp³-hybridized carbons (Fsp3) is 0.737. The van der Waals surface area contributed by atoms with E-state index in [0.717, 1.165) is 56.8 Å². The number of carbonyl (C=O) groups is 1. The highest BCUT2D eigenvalue weighted by Crippen LogP contribution is 2.33. The van der Waals surface area contributed by atoms with Crippen LogP contribution in [0.1, 0.15) is 63.2 Å². The first kappa shape index (κ1) is 17.8. The van der Waals surface area contributed by atoms with Crippen molar-refractivity contribution in [2.75, 3.05) is 13.1 Å². The molecule has 0 aliphatic carbocycles. The maximum Gasteiger partial charge on any atom is 0.241 e. The molecule has 2 fully saturated rings. The van der Waals surface area contributed by atoms with E-state index in [0.29, 0.717) is 6.04 Å². The van der Waals surface area contributed by atoms with Gasteiger partial charge < -0.3 is 10.2 Å². The summed E-state index contributed by atoms with van der Waals surface area (Å²) in [4.78, 5) is 24.6. The van der Waals surface area contributed by atoms with E-state index in [1.54, 1.807) is 0 Å². The highest BCUT2D eigenvalue weighted by molar-refractivity contribution is 5.82. The topological polar surface area (TPSA) is 82.2 Å². The zero-order chi connectivity index (χ0) is 18.3. The van der Waals surface area contributed by atoms with Gasteiger partial charge in [0.1, 0.15) is 6.04 Å². The third-order valence-electron chi connectivity index (χ3n) is 5.91. The second kappa shape index (κ2) is 6.87. The van der Waals surface area contributed by atoms with Gasteiger partial charge in [-0.2, -0.15) is 0 Å². The van der Waals surface area contributed by atoms with Crippen molar-refractivity contribution >= 4 is 5.91 Å². The summed E-state index contributed by atoms with van der Waals surface area (Å²) in [5, 5.41) is 3.35. The van der Waals surface area contributed by atoms with Gasteiger partial charge in [0.25, 0.3) is 0 Å². The standard InChI is InChI=1S/C19H30N6O/c1-19(2,3)16-9-14(23-24-16)18(26)25-8-4-5-15(25)17-21-11-12-10-20-7-6-13(12)22-17/h11,14-16,20,23-24H,4-10H2,1-3H3. The monoisotopic (exact) mass is 358 g/mol. The first-order valence-electron chi connectivity index (χ1n) is 9.80. The molecule has 2 saturated heterocycles. The summed E-state index contributed by atoms with van der Waals surface area (Å²) in [6, 6.07) is 0.143. The quantitative estimate of drug-likeness (QED) is 0.734. The molecule has 4 heterocycles. The van der Waals surface area contributed by atoms with Crippen LogP contribution in [0.4, 0.5) is 0 Å². The van der Waals surface area contributed by atoms with Gasteiger partial charge in [0, 0.05) is 49.6 Å². The highest BCUT2D eigenvalue weighted by Gasteiger charge is 2.41. The molecule has 3 aliphatic rings. The third kappa shape index (κ3) is 3.35. The maximum atomic E-state index is 13.2. The lowest BCUT2D eigenvalue weighted by Crippen LogP contribution is -2.46. The van der Waals surface area contributed by atoms with E-state index in [1.807, 2.05) is 11.1 Å². The molecule has 0 bridgehead atoms. The van der Waals surface area contributed by atoms with Crippen LogP contribution in [-0.4, -0.2) is 45.9 Å². The summed E-state index contributed by atoms with van der Waals surface area (Å²) < 4.78 is 0. The van der Waals surface area contributed by atoms with Gasteiger partial charge in [0.15, 0.2) is 5.82 Å². The highest BCUT2D eigenvalue weighted by atomic mass is 16.2. The van der Waals surface area contributed by atoms with Crippen LogP contribution in [0.15, 0.2) is 6.20 Å². The SMILES string of the molecule is CC(C)(C)C1CC(C(=O)N2CCCC2c2ncc3c(n2)CCNC3)NN1. The van der Waals surface area contributed by atoms with Gasteiger partial charge >= 0.3 is 0 Å². The summed E-state index contributed by atoms with van der Waals surface area (Å²) in [5.41, 5.74) is 8.99. The summed E-state index contributed by atoms with van der Waals surface area (Å²) >= 11 is 0. The summed E-state index contributed by atoms with van der Waals surface area (Å²) in [7, 11) is 0. The zero-order valence-corrected chi connectivity index (χ0v) is 16.0. The van der Waals surface area contributed by atoms with Crippen molar-refractivity contribution in [2.24, 2.45) is 5.41 Å². The average Bonchev–Trinajstić information content (AvgIpc) is 3.30. The molecule has 0 saturated carbocycles. The van der Waals surface area contributed by atoms with Crippen LogP contribution in [0.3, 0.4) is 0 Å². The Morgan fingerprint density at radius 3 is 2.92 bits per heavy atom. The Kier molecular flexibility index (Phi) is 4.71. The minimum Gasteiger partial charge on any atom is -0.331 e. The Morgan fingerprint density at radius 2 is 2.15 bits per heavy atom. The van der Waals surface area contributed by atoms with Crippen LogP contribution >= 0.6 is 0 Å². The average molecular weight is 358 g/mol. The van der Waals surface area contributed by atoms with Crippen molar-refractivity contribution < 1.29 is 4.79 Å². The van der Waals surface area contributed by atoms with Crippen LogP contribution in [0, 0.1) is 5.41 Å². The Balaban J connectivity index is 1.49. The molecule has 1 amide bonds. The smallest absolute Gasteiger partial charge is 0.241 e. The van der Waals surface area contributed by atoms with Crippen LogP contribution in [0.25, 0.3) is 0 Å². The molecule has 0 aromatic carbocycles. The van der Waals surface area contributed by atoms with Gasteiger partial charge in [-0.3, -0.25) is 10.2 Å². The van der Waals surface area contributed by atoms with E-state index >= 15 is 0 Å². The van der Waals surface area contributed by atoms with Crippen LogP contribution in [0.2, 0.25) is 0 Å². The number of hydrazine groups is 1. The van der Waals surface area contributed by atoms with Crippen molar-refractivity contribution in [3.05, 3.63) is 23.3 Å². The maximum absolute atomic E-state index is 13.2. The Hall–Kier alpha value is -1.57. The van der Waals surface area contributed by atoms with Gasteiger partial charge in [-0.15, -0.1) is 0 Å². The van der Waals surface area contributed by atoms with E-state index in [-0.39, 0.29) is 23.4 Å². The van der Waals surface area contributed by atoms with Gasteiger partial charge in [0.05, 0.1) is 6.04 Å². The van der Waals surface area contributed by atoms with Gasteiger partial charge in [-0.1, -0.05) is 20.8 Å². The lowest BCUT2D eigenvalue weighted by molar-refractivity contribution is -0.134. The number of amides is 1. The Bertz CT molecular complexity index is 685. The number of hydrogen-bond acceptors (Lipinski definition) is 6. The summed E-state index contributed by atoms with van der Waals surface area (Å²) in [6.07, 6.45) is 5.66. The molecule has 7 nitrogen and oxygen atoms in total. The normalized spacial score (nSPS) is 29.0. The number of hydrogen-bond donors (Lipinski definition) is 3. The van der Waals surface area contributed by atoms with E-state index in [9.17, 15) is 4.79 Å². The number of nitrogens with zero attached hydrogens (tertiary/aromatic N) is 3. The van der Waals surface area contributed by atoms with E-state index in [4.69, 9.17) is 4.98 Å². The lowest BCUT2D eigenvalue weighted by Gasteiger charge is -2.28. The second-order valence-electron chi connectivity index (χ2n) is 8.81. The molecule has 3 aliphatic heterocycles. The first-order valence-corrected chi connectivity index (χ1v) is 9.80. The molecule has 7 heteroatoms. The number of likely N-dealkylation sites (tertiary alicyclic amines) is 1. The molecule has 142 valence electrons. The van der Waals surface area contributed by atoms with Gasteiger partial charge in [0.2, 0.25) is 5.91 Å². The van der Waals surface area contributed by atoms with Gasteiger partial charge in [-0.05, 0) is 24.7 Å². The predicted molar refractivity (Wildman–Crippen MR) is 99.1 cm³/mol. The molecule has 1 aromatic rings. The van der Waals surface area contributed by atoms with Gasteiger partial charge in [-0.25, -0.2) is 15.4 Å². The Labute approximate surface area is 155 Å². The van der Waals surface area contributed by atoms with Crippen molar-refractivity contribution in [3.63, 3.8) is 0 Å². The molecule has 3 N–H and O–H groups in total. The summed E-state index contributed by atoms with van der Waals surface area (Å²) in [6.45, 7) is 9.20. The largest absolute Gasteiger partial charge is 0.331 e. The molecule has 0 radical (unpaired) electrons. The molecule has 1 aromatic heterocycles. The fourth-order valence-electron chi connectivity index (χ4n) is 4.20. The number of nitrogens with one attached hydrogen (secondary N) is 3. The van der Waals surface area contributed by atoms with E-state index < -0.39 is 0 Å². The Morgan fingerprint density at radius 1 is 1.31 bits per heavy atom. The molecule has 4 rings (SSSR count). The van der Waals surface area contributed by atoms with Crippen molar-refractivity contribution in [1.82, 2.24) is 31.0 Å². The zero-order valence-electron chi connectivity index (χ0n) is 16.0. The molecule has 0 spiro atoms. The first-order chi connectivity index (χ1) is 12.4. The second-order valence-corrected chi connectivity index (χ2v) is 8.81. The number of rotatable bonds is 2. The summed E-state index contributed by atoms with van der Waals surface area (Å²) in [5.74, 6) is 0.990. The predicted octanol–water partition coefficient (Wildman–Crippen LogP) is 1.07.